The molecule has 126 valence electrons. The molecule has 2 aromatic carbocycles. The van der Waals surface area contributed by atoms with E-state index < -0.39 is 0 Å². The van der Waals surface area contributed by atoms with Crippen LogP contribution in [0.1, 0.15) is 17.5 Å². The van der Waals surface area contributed by atoms with Gasteiger partial charge in [0, 0.05) is 29.7 Å². The molecule has 2 aromatic rings. The lowest BCUT2D eigenvalue weighted by atomic mass is 10.2. The van der Waals surface area contributed by atoms with Crippen molar-refractivity contribution >= 4 is 27.5 Å². The standard InChI is InChI=1S/C18H19BrN2O3/c1-12-8-14(3-4-15(12)19)20-7-6-18(22)21-10-13-2-5-16-17(9-13)24-11-23-16/h2-5,8-9,20H,6-7,10-11H2,1H3,(H,21,22). The molecule has 0 aromatic heterocycles. The van der Waals surface area contributed by atoms with Gasteiger partial charge in [0.15, 0.2) is 11.5 Å². The van der Waals surface area contributed by atoms with E-state index in [2.05, 4.69) is 32.6 Å². The first kappa shape index (κ1) is 16.6. The Labute approximate surface area is 149 Å². The maximum absolute atomic E-state index is 11.9. The molecule has 5 nitrogen and oxygen atoms in total. The number of anilines is 1. The number of benzene rings is 2. The summed E-state index contributed by atoms with van der Waals surface area (Å²) in [4.78, 5) is 11.9. The van der Waals surface area contributed by atoms with Crippen LogP contribution in [0.4, 0.5) is 5.69 Å². The van der Waals surface area contributed by atoms with Crippen LogP contribution in [0, 0.1) is 6.92 Å². The molecule has 0 fully saturated rings. The number of aryl methyl sites for hydroxylation is 1. The van der Waals surface area contributed by atoms with Gasteiger partial charge in [0.2, 0.25) is 12.7 Å². The molecule has 0 aliphatic carbocycles. The maximum atomic E-state index is 11.9. The van der Waals surface area contributed by atoms with E-state index in [-0.39, 0.29) is 12.7 Å². The SMILES string of the molecule is Cc1cc(NCCC(=O)NCc2ccc3c(c2)OCO3)ccc1Br. The molecule has 6 heteroatoms. The minimum Gasteiger partial charge on any atom is -0.454 e. The molecule has 1 heterocycles. The predicted octanol–water partition coefficient (Wildman–Crippen LogP) is 3.60. The number of halogens is 1. The van der Waals surface area contributed by atoms with Gasteiger partial charge in [-0.1, -0.05) is 22.0 Å². The molecule has 0 spiro atoms. The first-order chi connectivity index (χ1) is 11.6. The lowest BCUT2D eigenvalue weighted by Crippen LogP contribution is -2.24. The van der Waals surface area contributed by atoms with Crippen molar-refractivity contribution < 1.29 is 14.3 Å². The van der Waals surface area contributed by atoms with Crippen molar-refractivity contribution in [2.45, 2.75) is 19.9 Å². The van der Waals surface area contributed by atoms with Gasteiger partial charge in [-0.2, -0.15) is 0 Å². The molecule has 1 amide bonds. The van der Waals surface area contributed by atoms with Crippen LogP contribution in [0.5, 0.6) is 11.5 Å². The van der Waals surface area contributed by atoms with E-state index in [4.69, 9.17) is 9.47 Å². The van der Waals surface area contributed by atoms with Crippen molar-refractivity contribution in [1.29, 1.82) is 0 Å². The van der Waals surface area contributed by atoms with E-state index in [0.29, 0.717) is 19.5 Å². The Kier molecular flexibility index (Phi) is 5.25. The van der Waals surface area contributed by atoms with E-state index in [1.54, 1.807) is 0 Å². The van der Waals surface area contributed by atoms with Gasteiger partial charge in [0.05, 0.1) is 0 Å². The van der Waals surface area contributed by atoms with Crippen molar-refractivity contribution in [2.24, 2.45) is 0 Å². The predicted molar refractivity (Wildman–Crippen MR) is 96.4 cm³/mol. The van der Waals surface area contributed by atoms with Gasteiger partial charge in [-0.05, 0) is 48.4 Å². The van der Waals surface area contributed by atoms with Crippen molar-refractivity contribution in [3.63, 3.8) is 0 Å². The molecule has 0 saturated carbocycles. The summed E-state index contributed by atoms with van der Waals surface area (Å²) in [5.74, 6) is 1.49. The van der Waals surface area contributed by atoms with Gasteiger partial charge in [-0.3, -0.25) is 4.79 Å². The highest BCUT2D eigenvalue weighted by molar-refractivity contribution is 9.10. The number of carbonyl (C=O) groups excluding carboxylic acids is 1. The average Bonchev–Trinajstić information content (AvgIpc) is 3.04. The molecule has 0 radical (unpaired) electrons. The van der Waals surface area contributed by atoms with E-state index in [9.17, 15) is 4.79 Å². The quantitative estimate of drug-likeness (QED) is 0.790. The van der Waals surface area contributed by atoms with Crippen LogP contribution in [0.3, 0.4) is 0 Å². The first-order valence-corrected chi connectivity index (χ1v) is 8.56. The fourth-order valence-corrected chi connectivity index (χ4v) is 2.66. The molecule has 1 aliphatic rings. The van der Waals surface area contributed by atoms with Crippen molar-refractivity contribution in [1.82, 2.24) is 5.32 Å². The molecule has 0 saturated heterocycles. The molecular weight excluding hydrogens is 372 g/mol. The maximum Gasteiger partial charge on any atom is 0.231 e. The number of rotatable bonds is 6. The minimum atomic E-state index is 0.00833. The number of ether oxygens (including phenoxy) is 2. The average molecular weight is 391 g/mol. The van der Waals surface area contributed by atoms with Crippen LogP contribution in [-0.4, -0.2) is 19.2 Å². The summed E-state index contributed by atoms with van der Waals surface area (Å²) in [7, 11) is 0. The van der Waals surface area contributed by atoms with Crippen LogP contribution in [0.25, 0.3) is 0 Å². The topological polar surface area (TPSA) is 59.6 Å². The Bertz CT molecular complexity index is 749. The Hall–Kier alpha value is -2.21. The van der Waals surface area contributed by atoms with Crippen LogP contribution >= 0.6 is 15.9 Å². The Morgan fingerprint density at radius 2 is 2.00 bits per heavy atom. The largest absolute Gasteiger partial charge is 0.454 e. The highest BCUT2D eigenvalue weighted by Gasteiger charge is 2.13. The minimum absolute atomic E-state index is 0.00833. The lowest BCUT2D eigenvalue weighted by molar-refractivity contribution is -0.121. The summed E-state index contributed by atoms with van der Waals surface area (Å²) in [5.41, 5.74) is 3.16. The number of nitrogens with one attached hydrogen (secondary N) is 2. The third-order valence-electron chi connectivity index (χ3n) is 3.77. The summed E-state index contributed by atoms with van der Waals surface area (Å²) in [6.45, 7) is 3.36. The molecular formula is C18H19BrN2O3. The number of fused-ring (bicyclic) bond motifs is 1. The van der Waals surface area contributed by atoms with Gasteiger partial charge in [-0.25, -0.2) is 0 Å². The summed E-state index contributed by atoms with van der Waals surface area (Å²) in [5, 5.41) is 6.17. The third-order valence-corrected chi connectivity index (χ3v) is 4.66. The Balaban J connectivity index is 1.42. The zero-order chi connectivity index (χ0) is 16.9. The fourth-order valence-electron chi connectivity index (χ4n) is 2.41. The van der Waals surface area contributed by atoms with E-state index in [1.165, 1.54) is 0 Å². The Morgan fingerprint density at radius 1 is 1.17 bits per heavy atom. The highest BCUT2D eigenvalue weighted by Crippen LogP contribution is 2.32. The van der Waals surface area contributed by atoms with Crippen LogP contribution in [0.15, 0.2) is 40.9 Å². The van der Waals surface area contributed by atoms with Crippen molar-refractivity contribution in [3.8, 4) is 11.5 Å². The number of amides is 1. The Morgan fingerprint density at radius 3 is 2.83 bits per heavy atom. The summed E-state index contributed by atoms with van der Waals surface area (Å²) < 4.78 is 11.7. The first-order valence-electron chi connectivity index (χ1n) is 7.77. The molecule has 2 N–H and O–H groups in total. The van der Waals surface area contributed by atoms with E-state index >= 15 is 0 Å². The second kappa shape index (κ2) is 7.57. The second-order valence-corrected chi connectivity index (χ2v) is 6.46. The molecule has 0 atom stereocenters. The second-order valence-electron chi connectivity index (χ2n) is 5.61. The summed E-state index contributed by atoms with van der Waals surface area (Å²) in [6, 6.07) is 11.7. The van der Waals surface area contributed by atoms with Gasteiger partial charge < -0.3 is 20.1 Å². The number of hydrogen-bond donors (Lipinski definition) is 2. The lowest BCUT2D eigenvalue weighted by Gasteiger charge is -2.09. The van der Waals surface area contributed by atoms with Gasteiger partial charge >= 0.3 is 0 Å². The molecule has 1 aliphatic heterocycles. The normalized spacial score (nSPS) is 12.1. The molecule has 0 bridgehead atoms. The highest BCUT2D eigenvalue weighted by atomic mass is 79.9. The fraction of sp³-hybridized carbons (Fsp3) is 0.278. The summed E-state index contributed by atoms with van der Waals surface area (Å²) in [6.07, 6.45) is 0.416. The van der Waals surface area contributed by atoms with Crippen LogP contribution < -0.4 is 20.1 Å². The third kappa shape index (κ3) is 4.20. The zero-order valence-electron chi connectivity index (χ0n) is 13.4. The van der Waals surface area contributed by atoms with Crippen molar-refractivity contribution in [2.75, 3.05) is 18.7 Å². The van der Waals surface area contributed by atoms with Crippen LogP contribution in [-0.2, 0) is 11.3 Å². The molecule has 3 rings (SSSR count). The summed E-state index contributed by atoms with van der Waals surface area (Å²) >= 11 is 3.47. The monoisotopic (exact) mass is 390 g/mol. The van der Waals surface area contributed by atoms with Gasteiger partial charge in [-0.15, -0.1) is 0 Å². The van der Waals surface area contributed by atoms with E-state index in [0.717, 1.165) is 32.8 Å². The number of hydrogen-bond acceptors (Lipinski definition) is 4. The van der Waals surface area contributed by atoms with Gasteiger partial charge in [0.1, 0.15) is 0 Å². The smallest absolute Gasteiger partial charge is 0.231 e. The van der Waals surface area contributed by atoms with Crippen LogP contribution in [0.2, 0.25) is 0 Å². The van der Waals surface area contributed by atoms with Crippen molar-refractivity contribution in [3.05, 3.63) is 52.0 Å². The number of carbonyl (C=O) groups is 1. The van der Waals surface area contributed by atoms with E-state index in [1.807, 2.05) is 37.3 Å². The zero-order valence-corrected chi connectivity index (χ0v) is 15.0. The molecule has 0 unspecified atom stereocenters. The molecule has 24 heavy (non-hydrogen) atoms. The van der Waals surface area contributed by atoms with Gasteiger partial charge in [0.25, 0.3) is 0 Å².